The second-order valence-electron chi connectivity index (χ2n) is 7.35. The molecule has 3 atom stereocenters. The Morgan fingerprint density at radius 3 is 2.35 bits per heavy atom. The van der Waals surface area contributed by atoms with Crippen molar-refractivity contribution >= 4 is 11.6 Å². The van der Waals surface area contributed by atoms with Crippen LogP contribution in [-0.4, -0.2) is 13.6 Å². The molecule has 2 rings (SSSR count). The van der Waals surface area contributed by atoms with Crippen molar-refractivity contribution < 1.29 is 0 Å². The molecule has 0 saturated heterocycles. The Balaban J connectivity index is 2.20. The van der Waals surface area contributed by atoms with Gasteiger partial charge in [-0.3, -0.25) is 0 Å². The fraction of sp³-hybridized carbons (Fsp3) is 0.667. The van der Waals surface area contributed by atoms with E-state index < -0.39 is 0 Å². The summed E-state index contributed by atoms with van der Waals surface area (Å²) in [5.41, 5.74) is 1.87. The van der Waals surface area contributed by atoms with Crippen LogP contribution in [0.15, 0.2) is 24.3 Å². The number of benzene rings is 1. The third kappa shape index (κ3) is 3.77. The van der Waals surface area contributed by atoms with Crippen LogP contribution in [0.4, 0.5) is 0 Å². The zero-order valence-electron chi connectivity index (χ0n) is 13.2. The third-order valence-corrected chi connectivity index (χ3v) is 5.23. The van der Waals surface area contributed by atoms with Gasteiger partial charge in [-0.25, -0.2) is 0 Å². The molecule has 1 fully saturated rings. The number of hydrogen-bond acceptors (Lipinski definition) is 1. The Morgan fingerprint density at radius 2 is 1.80 bits per heavy atom. The molecule has 1 saturated carbocycles. The largest absolute Gasteiger partial charge is 0.319 e. The molecule has 1 aromatic rings. The smallest absolute Gasteiger partial charge is 0.0406 e. The molecule has 20 heavy (non-hydrogen) atoms. The first kappa shape index (κ1) is 15.9. The molecule has 112 valence electrons. The minimum absolute atomic E-state index is 0.412. The molecule has 1 aliphatic carbocycles. The Kier molecular flexibility index (Phi) is 5.14. The summed E-state index contributed by atoms with van der Waals surface area (Å²) in [4.78, 5) is 0. The maximum atomic E-state index is 6.04. The molecular formula is C18H28ClN. The fourth-order valence-electron chi connectivity index (χ4n) is 3.64. The van der Waals surface area contributed by atoms with Crippen molar-refractivity contribution in [2.75, 3.05) is 13.6 Å². The van der Waals surface area contributed by atoms with Gasteiger partial charge in [-0.2, -0.15) is 0 Å². The van der Waals surface area contributed by atoms with Crippen LogP contribution in [0.25, 0.3) is 0 Å². The lowest BCUT2D eigenvalue weighted by Gasteiger charge is -2.42. The summed E-state index contributed by atoms with van der Waals surface area (Å²) in [5, 5.41) is 4.21. The van der Waals surface area contributed by atoms with Crippen LogP contribution in [-0.2, 0) is 0 Å². The van der Waals surface area contributed by atoms with Crippen molar-refractivity contribution in [1.29, 1.82) is 0 Å². The summed E-state index contributed by atoms with van der Waals surface area (Å²) in [6, 6.07) is 8.52. The highest BCUT2D eigenvalue weighted by molar-refractivity contribution is 6.30. The van der Waals surface area contributed by atoms with E-state index in [0.29, 0.717) is 11.3 Å². The molecule has 0 radical (unpaired) electrons. The highest BCUT2D eigenvalue weighted by atomic mass is 35.5. The van der Waals surface area contributed by atoms with Crippen molar-refractivity contribution in [3.8, 4) is 0 Å². The average Bonchev–Trinajstić information content (AvgIpc) is 2.39. The van der Waals surface area contributed by atoms with E-state index in [1.165, 1.54) is 24.8 Å². The molecule has 1 aliphatic rings. The van der Waals surface area contributed by atoms with Crippen molar-refractivity contribution in [1.82, 2.24) is 5.32 Å². The van der Waals surface area contributed by atoms with Gasteiger partial charge in [0, 0.05) is 5.02 Å². The lowest BCUT2D eigenvalue weighted by molar-refractivity contribution is 0.130. The minimum Gasteiger partial charge on any atom is -0.319 e. The first-order chi connectivity index (χ1) is 9.41. The lowest BCUT2D eigenvalue weighted by Crippen LogP contribution is -2.34. The molecule has 1 N–H and O–H groups in total. The second kappa shape index (κ2) is 6.49. The van der Waals surface area contributed by atoms with E-state index in [1.54, 1.807) is 0 Å². The summed E-state index contributed by atoms with van der Waals surface area (Å²) >= 11 is 6.04. The molecular weight excluding hydrogens is 266 g/mol. The van der Waals surface area contributed by atoms with E-state index in [2.05, 4.69) is 45.3 Å². The maximum Gasteiger partial charge on any atom is 0.0406 e. The highest BCUT2D eigenvalue weighted by Gasteiger charge is 2.36. The van der Waals surface area contributed by atoms with Gasteiger partial charge in [-0.15, -0.1) is 0 Å². The topological polar surface area (TPSA) is 12.0 Å². The predicted octanol–water partition coefficient (Wildman–Crippen LogP) is 5.11. The number of nitrogens with one attached hydrogen (secondary N) is 1. The van der Waals surface area contributed by atoms with Crippen LogP contribution in [0.3, 0.4) is 0 Å². The first-order valence-electron chi connectivity index (χ1n) is 7.82. The van der Waals surface area contributed by atoms with Gasteiger partial charge < -0.3 is 5.32 Å². The third-order valence-electron chi connectivity index (χ3n) is 4.98. The first-order valence-corrected chi connectivity index (χ1v) is 8.19. The normalized spacial score (nSPS) is 27.6. The van der Waals surface area contributed by atoms with Crippen molar-refractivity contribution in [3.63, 3.8) is 0 Å². The van der Waals surface area contributed by atoms with Gasteiger partial charge in [-0.05, 0) is 73.7 Å². The van der Waals surface area contributed by atoms with Crippen molar-refractivity contribution in [3.05, 3.63) is 34.9 Å². The summed E-state index contributed by atoms with van der Waals surface area (Å²) in [6.07, 6.45) is 3.99. The fourth-order valence-corrected chi connectivity index (χ4v) is 3.77. The molecule has 0 spiro atoms. The van der Waals surface area contributed by atoms with Crippen molar-refractivity contribution in [2.45, 2.75) is 46.0 Å². The zero-order valence-corrected chi connectivity index (χ0v) is 14.0. The summed E-state index contributed by atoms with van der Waals surface area (Å²) in [6.45, 7) is 8.27. The average molecular weight is 294 g/mol. The highest BCUT2D eigenvalue weighted by Crippen LogP contribution is 2.46. The molecule has 0 aromatic heterocycles. The van der Waals surface area contributed by atoms with Crippen LogP contribution in [0, 0.1) is 17.3 Å². The molecule has 1 nitrogen and oxygen atoms in total. The molecule has 3 unspecified atom stereocenters. The van der Waals surface area contributed by atoms with Gasteiger partial charge in [0.2, 0.25) is 0 Å². The standard InChI is InChI=1S/C18H28ClN/c1-18(2,3)15-8-5-14(12-20-4)17(11-15)13-6-9-16(19)10-7-13/h6-7,9-10,14-15,17,20H,5,8,11-12H2,1-4H3. The Bertz CT molecular complexity index is 418. The molecule has 2 heteroatoms. The Hall–Kier alpha value is -0.530. The van der Waals surface area contributed by atoms with E-state index in [4.69, 9.17) is 11.6 Å². The monoisotopic (exact) mass is 293 g/mol. The van der Waals surface area contributed by atoms with E-state index in [9.17, 15) is 0 Å². The van der Waals surface area contributed by atoms with Gasteiger partial charge in [0.25, 0.3) is 0 Å². The van der Waals surface area contributed by atoms with E-state index >= 15 is 0 Å². The van der Waals surface area contributed by atoms with Gasteiger partial charge >= 0.3 is 0 Å². The van der Waals surface area contributed by atoms with E-state index in [0.717, 1.165) is 23.4 Å². The predicted molar refractivity (Wildman–Crippen MR) is 88.4 cm³/mol. The second-order valence-corrected chi connectivity index (χ2v) is 7.79. The van der Waals surface area contributed by atoms with Gasteiger partial charge in [0.1, 0.15) is 0 Å². The van der Waals surface area contributed by atoms with E-state index in [1.807, 2.05) is 12.1 Å². The van der Waals surface area contributed by atoms with Crippen LogP contribution in [0.1, 0.15) is 51.5 Å². The molecule has 1 aromatic carbocycles. The minimum atomic E-state index is 0.412. The van der Waals surface area contributed by atoms with Crippen LogP contribution >= 0.6 is 11.6 Å². The summed E-state index contributed by atoms with van der Waals surface area (Å²) in [5.74, 6) is 2.23. The van der Waals surface area contributed by atoms with Gasteiger partial charge in [0.05, 0.1) is 0 Å². The van der Waals surface area contributed by atoms with Crippen molar-refractivity contribution in [2.24, 2.45) is 17.3 Å². The Labute approximate surface area is 129 Å². The molecule has 0 heterocycles. The molecule has 0 bridgehead atoms. The zero-order chi connectivity index (χ0) is 14.8. The molecule has 0 aliphatic heterocycles. The maximum absolute atomic E-state index is 6.04. The van der Waals surface area contributed by atoms with Crippen LogP contribution in [0.5, 0.6) is 0 Å². The number of halogens is 1. The summed E-state index contributed by atoms with van der Waals surface area (Å²) < 4.78 is 0. The number of rotatable bonds is 3. The number of hydrogen-bond donors (Lipinski definition) is 1. The molecule has 0 amide bonds. The Morgan fingerprint density at radius 1 is 1.15 bits per heavy atom. The van der Waals surface area contributed by atoms with Gasteiger partial charge in [-0.1, -0.05) is 44.5 Å². The lowest BCUT2D eigenvalue weighted by atomic mass is 9.64. The van der Waals surface area contributed by atoms with Crippen LogP contribution in [0.2, 0.25) is 5.02 Å². The van der Waals surface area contributed by atoms with Crippen LogP contribution < -0.4 is 5.32 Å². The van der Waals surface area contributed by atoms with E-state index in [-0.39, 0.29) is 0 Å². The van der Waals surface area contributed by atoms with Gasteiger partial charge in [0.15, 0.2) is 0 Å². The quantitative estimate of drug-likeness (QED) is 0.817. The summed E-state index contributed by atoms with van der Waals surface area (Å²) in [7, 11) is 2.06. The SMILES string of the molecule is CNCC1CCC(C(C)(C)C)CC1c1ccc(Cl)cc1.